The number of hydrogen-bond donors (Lipinski definition) is 0. The highest BCUT2D eigenvalue weighted by molar-refractivity contribution is 6.08. The number of benzene rings is 2. The zero-order valence-electron chi connectivity index (χ0n) is 17.7. The molecule has 5 nitrogen and oxygen atoms in total. The van der Waals surface area contributed by atoms with Crippen molar-refractivity contribution in [2.45, 2.75) is 32.2 Å². The molecule has 2 heterocycles. The zero-order valence-corrected chi connectivity index (χ0v) is 17.7. The number of piperidine rings is 1. The lowest BCUT2D eigenvalue weighted by Gasteiger charge is -2.43. The monoisotopic (exact) mass is 411 g/mol. The summed E-state index contributed by atoms with van der Waals surface area (Å²) in [6.07, 6.45) is 0.793. The zero-order chi connectivity index (χ0) is 21.5. The third kappa shape index (κ3) is 3.72. The predicted octanol–water partition coefficient (Wildman–Crippen LogP) is 3.66. The number of amides is 1. The SMILES string of the molecule is CCOC(=O)C[N+]1(C)CC[C@H]2[C@@H](C1)c1cc(C)ccc1N2C(=O)c1ccc(F)cc1. The normalized spacial score (nSPS) is 24.9. The van der Waals surface area contributed by atoms with Crippen molar-refractivity contribution in [2.75, 3.05) is 38.2 Å². The number of rotatable bonds is 4. The van der Waals surface area contributed by atoms with Gasteiger partial charge in [-0.05, 0) is 49.7 Å². The van der Waals surface area contributed by atoms with Crippen molar-refractivity contribution in [3.63, 3.8) is 0 Å². The van der Waals surface area contributed by atoms with E-state index >= 15 is 0 Å². The molecule has 30 heavy (non-hydrogen) atoms. The van der Waals surface area contributed by atoms with E-state index in [9.17, 15) is 14.0 Å². The van der Waals surface area contributed by atoms with E-state index in [-0.39, 0.29) is 29.7 Å². The standard InChI is InChI=1S/C24H28FN2O3/c1-4-30-23(28)15-27(3)12-11-22-20(14-27)19-13-16(2)5-10-21(19)26(22)24(29)17-6-8-18(25)9-7-17/h5-10,13,20,22H,4,11-12,14-15H2,1-3H3/q+1/t20-,22-,27?/m0/s1. The van der Waals surface area contributed by atoms with E-state index in [1.54, 1.807) is 12.1 Å². The van der Waals surface area contributed by atoms with Crippen LogP contribution in [-0.2, 0) is 9.53 Å². The number of carbonyl (C=O) groups is 2. The molecule has 4 rings (SSSR count). The first-order valence-corrected chi connectivity index (χ1v) is 10.5. The summed E-state index contributed by atoms with van der Waals surface area (Å²) in [7, 11) is 2.09. The smallest absolute Gasteiger partial charge is 0.361 e. The molecule has 2 aromatic carbocycles. The van der Waals surface area contributed by atoms with Gasteiger partial charge in [0, 0.05) is 17.7 Å². The molecule has 2 aromatic rings. The molecule has 6 heteroatoms. The largest absolute Gasteiger partial charge is 0.462 e. The Bertz CT molecular complexity index is 975. The summed E-state index contributed by atoms with van der Waals surface area (Å²) in [5, 5.41) is 0. The van der Waals surface area contributed by atoms with E-state index in [4.69, 9.17) is 4.74 Å². The number of hydrogen-bond acceptors (Lipinski definition) is 3. The van der Waals surface area contributed by atoms with Gasteiger partial charge in [0.15, 0.2) is 6.54 Å². The first-order valence-electron chi connectivity index (χ1n) is 10.5. The molecule has 1 fully saturated rings. The number of halogens is 1. The number of ether oxygens (including phenoxy) is 1. The fraction of sp³-hybridized carbons (Fsp3) is 0.417. The Balaban J connectivity index is 1.67. The highest BCUT2D eigenvalue weighted by atomic mass is 19.1. The maximum atomic E-state index is 13.4. The molecule has 2 aliphatic rings. The van der Waals surface area contributed by atoms with Crippen LogP contribution >= 0.6 is 0 Å². The van der Waals surface area contributed by atoms with E-state index in [2.05, 4.69) is 20.0 Å². The molecular formula is C24H28FN2O3+. The van der Waals surface area contributed by atoms with Crippen LogP contribution in [0, 0.1) is 12.7 Å². The van der Waals surface area contributed by atoms with E-state index in [0.29, 0.717) is 23.2 Å². The van der Waals surface area contributed by atoms with Gasteiger partial charge in [0.1, 0.15) is 5.82 Å². The van der Waals surface area contributed by atoms with E-state index in [1.165, 1.54) is 12.1 Å². The Hall–Kier alpha value is -2.73. The van der Waals surface area contributed by atoms with Crippen molar-refractivity contribution in [2.24, 2.45) is 0 Å². The van der Waals surface area contributed by atoms with Gasteiger partial charge in [0.05, 0.1) is 38.7 Å². The van der Waals surface area contributed by atoms with Crippen molar-refractivity contribution in [3.05, 3.63) is 65.0 Å². The average molecular weight is 411 g/mol. The molecule has 1 unspecified atom stereocenters. The Morgan fingerprint density at radius 3 is 2.63 bits per heavy atom. The van der Waals surface area contributed by atoms with Gasteiger partial charge >= 0.3 is 5.97 Å². The van der Waals surface area contributed by atoms with Gasteiger partial charge < -0.3 is 14.1 Å². The van der Waals surface area contributed by atoms with Crippen molar-refractivity contribution >= 4 is 17.6 Å². The second-order valence-electron chi connectivity index (χ2n) is 8.70. The van der Waals surface area contributed by atoms with Gasteiger partial charge in [-0.3, -0.25) is 4.79 Å². The van der Waals surface area contributed by atoms with Crippen molar-refractivity contribution in [1.29, 1.82) is 0 Å². The van der Waals surface area contributed by atoms with E-state index in [1.807, 2.05) is 24.0 Å². The van der Waals surface area contributed by atoms with Gasteiger partial charge in [-0.2, -0.15) is 0 Å². The summed E-state index contributed by atoms with van der Waals surface area (Å²) in [4.78, 5) is 27.5. The molecule has 0 saturated carbocycles. The predicted molar refractivity (Wildman–Crippen MR) is 113 cm³/mol. The fourth-order valence-electron chi connectivity index (χ4n) is 4.97. The summed E-state index contributed by atoms with van der Waals surface area (Å²) in [6, 6.07) is 12.0. The number of likely N-dealkylation sites (tertiary alicyclic amines) is 1. The minimum absolute atomic E-state index is 0.0350. The number of nitrogens with zero attached hydrogens (tertiary/aromatic N) is 2. The van der Waals surface area contributed by atoms with Crippen molar-refractivity contribution < 1.29 is 23.2 Å². The molecule has 0 radical (unpaired) electrons. The molecule has 2 aliphatic heterocycles. The second-order valence-corrected chi connectivity index (χ2v) is 8.70. The van der Waals surface area contributed by atoms with Crippen LogP contribution in [0.5, 0.6) is 0 Å². The highest BCUT2D eigenvalue weighted by Crippen LogP contribution is 2.46. The Kier molecular flexibility index (Phi) is 5.36. The molecule has 3 atom stereocenters. The number of likely N-dealkylation sites (N-methyl/N-ethyl adjacent to an activating group) is 1. The topological polar surface area (TPSA) is 46.6 Å². The molecule has 0 aliphatic carbocycles. The lowest BCUT2D eigenvalue weighted by Crippen LogP contribution is -2.58. The Labute approximate surface area is 176 Å². The summed E-state index contributed by atoms with van der Waals surface area (Å²) in [6.45, 7) is 6.15. The maximum absolute atomic E-state index is 13.4. The minimum Gasteiger partial charge on any atom is -0.462 e. The van der Waals surface area contributed by atoms with Gasteiger partial charge in [-0.15, -0.1) is 0 Å². The summed E-state index contributed by atoms with van der Waals surface area (Å²) >= 11 is 0. The third-order valence-electron chi connectivity index (χ3n) is 6.37. The van der Waals surface area contributed by atoms with Gasteiger partial charge in [0.2, 0.25) is 0 Å². The lowest BCUT2D eigenvalue weighted by atomic mass is 9.87. The molecule has 1 amide bonds. The van der Waals surface area contributed by atoms with Crippen LogP contribution in [0.15, 0.2) is 42.5 Å². The molecule has 0 aromatic heterocycles. The van der Waals surface area contributed by atoms with E-state index < -0.39 is 0 Å². The Morgan fingerprint density at radius 2 is 1.93 bits per heavy atom. The quantitative estimate of drug-likeness (QED) is 0.570. The molecular weight excluding hydrogens is 383 g/mol. The summed E-state index contributed by atoms with van der Waals surface area (Å²) in [5.41, 5.74) is 3.71. The fourth-order valence-corrected chi connectivity index (χ4v) is 4.97. The molecule has 1 saturated heterocycles. The van der Waals surface area contributed by atoms with Crippen LogP contribution in [0.1, 0.15) is 40.7 Å². The molecule has 0 N–H and O–H groups in total. The van der Waals surface area contributed by atoms with Crippen molar-refractivity contribution in [3.8, 4) is 0 Å². The molecule has 0 spiro atoms. The van der Waals surface area contributed by atoms with Crippen LogP contribution < -0.4 is 4.90 Å². The molecule has 158 valence electrons. The summed E-state index contributed by atoms with van der Waals surface area (Å²) < 4.78 is 19.1. The Morgan fingerprint density at radius 1 is 1.20 bits per heavy atom. The van der Waals surface area contributed by atoms with Crippen LogP contribution in [0.2, 0.25) is 0 Å². The number of carbonyl (C=O) groups excluding carboxylic acids is 2. The summed E-state index contributed by atoms with van der Waals surface area (Å²) in [5.74, 6) is -0.488. The average Bonchev–Trinajstić information content (AvgIpc) is 3.00. The van der Waals surface area contributed by atoms with Crippen LogP contribution in [-0.4, -0.2) is 55.7 Å². The first-order chi connectivity index (χ1) is 14.3. The maximum Gasteiger partial charge on any atom is 0.361 e. The van der Waals surface area contributed by atoms with Gasteiger partial charge in [-0.1, -0.05) is 17.7 Å². The van der Waals surface area contributed by atoms with Crippen molar-refractivity contribution in [1.82, 2.24) is 0 Å². The second kappa shape index (κ2) is 7.84. The van der Waals surface area contributed by atoms with Gasteiger partial charge in [0.25, 0.3) is 5.91 Å². The van der Waals surface area contributed by atoms with Crippen LogP contribution in [0.4, 0.5) is 10.1 Å². The minimum atomic E-state index is -0.355. The third-order valence-corrected chi connectivity index (χ3v) is 6.37. The number of fused-ring (bicyclic) bond motifs is 3. The molecule has 0 bridgehead atoms. The number of aryl methyl sites for hydroxylation is 1. The van der Waals surface area contributed by atoms with E-state index in [0.717, 1.165) is 36.3 Å². The number of anilines is 1. The number of quaternary nitrogens is 1. The highest BCUT2D eigenvalue weighted by Gasteiger charge is 2.49. The number of esters is 1. The lowest BCUT2D eigenvalue weighted by molar-refractivity contribution is -0.908. The van der Waals surface area contributed by atoms with Gasteiger partial charge in [-0.25, -0.2) is 9.18 Å². The van der Waals surface area contributed by atoms with Crippen LogP contribution in [0.3, 0.4) is 0 Å². The first kappa shape index (κ1) is 20.5. The van der Waals surface area contributed by atoms with Crippen LogP contribution in [0.25, 0.3) is 0 Å².